The summed E-state index contributed by atoms with van der Waals surface area (Å²) in [5.41, 5.74) is 3.91. The molecule has 1 aliphatic rings. The van der Waals surface area contributed by atoms with Gasteiger partial charge in [-0.05, 0) is 82.3 Å². The number of urea groups is 1. The number of hydrogen-bond acceptors (Lipinski definition) is 4. The minimum absolute atomic E-state index is 0.122. The van der Waals surface area contributed by atoms with Gasteiger partial charge in [-0.15, -0.1) is 6.58 Å². The van der Waals surface area contributed by atoms with Crippen LogP contribution in [0.15, 0.2) is 103 Å². The first-order valence-corrected chi connectivity index (χ1v) is 12.8. The number of carbonyl (C=O) groups is 3. The SMILES string of the molecule is C=CCc1cc(/C=C2/C(=O)NC(=O)N(c3ccc(CC)cc3)C2=O)ccc1OCc1ccc2ccccc2c1. The zero-order chi connectivity index (χ0) is 27.4. The zero-order valence-electron chi connectivity index (χ0n) is 21.6. The van der Waals surface area contributed by atoms with E-state index in [9.17, 15) is 14.4 Å². The molecule has 4 amide bonds. The maximum absolute atomic E-state index is 13.3. The maximum Gasteiger partial charge on any atom is 0.335 e. The van der Waals surface area contributed by atoms with Gasteiger partial charge in [-0.2, -0.15) is 0 Å². The van der Waals surface area contributed by atoms with E-state index in [1.165, 1.54) is 11.5 Å². The second kappa shape index (κ2) is 11.2. The fourth-order valence-corrected chi connectivity index (χ4v) is 4.57. The first-order chi connectivity index (χ1) is 19.0. The molecule has 1 fully saturated rings. The third kappa shape index (κ3) is 5.50. The molecule has 4 aromatic carbocycles. The number of amides is 4. The molecule has 0 saturated carbocycles. The number of allylic oxidation sites excluding steroid dienone is 1. The average Bonchev–Trinajstić information content (AvgIpc) is 2.95. The molecule has 1 heterocycles. The summed E-state index contributed by atoms with van der Waals surface area (Å²) in [5, 5.41) is 4.60. The molecule has 1 saturated heterocycles. The number of barbiturate groups is 1. The Balaban J connectivity index is 1.39. The van der Waals surface area contributed by atoms with Crippen LogP contribution in [-0.4, -0.2) is 17.8 Å². The lowest BCUT2D eigenvalue weighted by Crippen LogP contribution is -2.54. The van der Waals surface area contributed by atoms with Crippen LogP contribution in [0.4, 0.5) is 10.5 Å². The minimum atomic E-state index is -0.767. The van der Waals surface area contributed by atoms with Crippen molar-refractivity contribution in [2.75, 3.05) is 4.90 Å². The Labute approximate surface area is 227 Å². The van der Waals surface area contributed by atoms with Crippen molar-refractivity contribution < 1.29 is 19.1 Å². The van der Waals surface area contributed by atoms with E-state index < -0.39 is 17.8 Å². The lowest BCUT2D eigenvalue weighted by atomic mass is 10.0. The van der Waals surface area contributed by atoms with Crippen LogP contribution in [0.3, 0.4) is 0 Å². The van der Waals surface area contributed by atoms with Crippen LogP contribution in [0, 0.1) is 0 Å². The van der Waals surface area contributed by atoms with Crippen molar-refractivity contribution >= 4 is 40.4 Å². The highest BCUT2D eigenvalue weighted by atomic mass is 16.5. The lowest BCUT2D eigenvalue weighted by Gasteiger charge is -2.26. The third-order valence-corrected chi connectivity index (χ3v) is 6.67. The van der Waals surface area contributed by atoms with Crippen LogP contribution in [0.1, 0.15) is 29.2 Å². The van der Waals surface area contributed by atoms with Crippen LogP contribution in [0.25, 0.3) is 16.8 Å². The van der Waals surface area contributed by atoms with Crippen molar-refractivity contribution in [2.24, 2.45) is 0 Å². The van der Waals surface area contributed by atoms with Gasteiger partial charge in [-0.3, -0.25) is 14.9 Å². The van der Waals surface area contributed by atoms with Crippen LogP contribution in [0.5, 0.6) is 5.75 Å². The summed E-state index contributed by atoms with van der Waals surface area (Å²) < 4.78 is 6.15. The van der Waals surface area contributed by atoms with Gasteiger partial charge in [-0.25, -0.2) is 9.69 Å². The fourth-order valence-electron chi connectivity index (χ4n) is 4.57. The molecular weight excluding hydrogens is 488 g/mol. The van der Waals surface area contributed by atoms with Crippen molar-refractivity contribution in [1.82, 2.24) is 5.32 Å². The normalized spacial score (nSPS) is 14.5. The van der Waals surface area contributed by atoms with Gasteiger partial charge < -0.3 is 4.74 Å². The van der Waals surface area contributed by atoms with Gasteiger partial charge in [0.1, 0.15) is 17.9 Å². The number of aryl methyl sites for hydroxylation is 1. The van der Waals surface area contributed by atoms with Gasteiger partial charge in [0.25, 0.3) is 11.8 Å². The molecular formula is C33H28N2O4. The summed E-state index contributed by atoms with van der Waals surface area (Å²) in [6, 6.07) is 26.2. The number of carbonyl (C=O) groups excluding carboxylic acids is 3. The van der Waals surface area contributed by atoms with Crippen LogP contribution in [-0.2, 0) is 29.0 Å². The highest BCUT2D eigenvalue weighted by Gasteiger charge is 2.36. The summed E-state index contributed by atoms with van der Waals surface area (Å²) in [5.74, 6) is -0.708. The second-order valence-electron chi connectivity index (χ2n) is 9.31. The van der Waals surface area contributed by atoms with E-state index in [-0.39, 0.29) is 5.57 Å². The molecule has 0 bridgehead atoms. The molecule has 4 aromatic rings. The molecule has 1 aliphatic heterocycles. The summed E-state index contributed by atoms with van der Waals surface area (Å²) >= 11 is 0. The molecule has 0 unspecified atom stereocenters. The Bertz CT molecular complexity index is 1620. The molecule has 0 spiro atoms. The summed E-state index contributed by atoms with van der Waals surface area (Å²) in [4.78, 5) is 39.4. The van der Waals surface area contributed by atoms with E-state index in [2.05, 4.69) is 36.2 Å². The van der Waals surface area contributed by atoms with Crippen LogP contribution < -0.4 is 15.0 Å². The van der Waals surface area contributed by atoms with Crippen molar-refractivity contribution in [3.8, 4) is 5.75 Å². The monoisotopic (exact) mass is 516 g/mol. The molecule has 0 aliphatic carbocycles. The Hall–Kier alpha value is -4.97. The maximum atomic E-state index is 13.3. The number of fused-ring (bicyclic) bond motifs is 1. The second-order valence-corrected chi connectivity index (χ2v) is 9.31. The average molecular weight is 517 g/mol. The largest absolute Gasteiger partial charge is 0.489 e. The van der Waals surface area contributed by atoms with E-state index in [1.54, 1.807) is 24.3 Å². The smallest absolute Gasteiger partial charge is 0.335 e. The van der Waals surface area contributed by atoms with E-state index in [4.69, 9.17) is 4.74 Å². The number of imide groups is 2. The zero-order valence-corrected chi connectivity index (χ0v) is 21.6. The fraction of sp³-hybridized carbons (Fsp3) is 0.121. The third-order valence-electron chi connectivity index (χ3n) is 6.67. The molecule has 0 radical (unpaired) electrons. The molecule has 6 nitrogen and oxygen atoms in total. The molecule has 1 N–H and O–H groups in total. The van der Waals surface area contributed by atoms with E-state index >= 15 is 0 Å². The van der Waals surface area contributed by atoms with E-state index in [0.717, 1.165) is 33.4 Å². The van der Waals surface area contributed by atoms with E-state index in [1.807, 2.05) is 49.4 Å². The number of benzene rings is 4. The number of hydrogen-bond donors (Lipinski definition) is 1. The topological polar surface area (TPSA) is 75.7 Å². The quantitative estimate of drug-likeness (QED) is 0.168. The Kier molecular flexibility index (Phi) is 7.37. The summed E-state index contributed by atoms with van der Waals surface area (Å²) in [6.07, 6.45) is 4.64. The molecule has 6 heteroatoms. The number of nitrogens with one attached hydrogen (secondary N) is 1. The van der Waals surface area contributed by atoms with Gasteiger partial charge in [0.2, 0.25) is 0 Å². The van der Waals surface area contributed by atoms with Crippen LogP contribution >= 0.6 is 0 Å². The highest BCUT2D eigenvalue weighted by molar-refractivity contribution is 6.39. The first kappa shape index (κ1) is 25.7. The van der Waals surface area contributed by atoms with Crippen molar-refractivity contribution in [3.63, 3.8) is 0 Å². The predicted molar refractivity (Wildman–Crippen MR) is 153 cm³/mol. The summed E-state index contributed by atoms with van der Waals surface area (Å²) in [7, 11) is 0. The molecule has 5 rings (SSSR count). The Morgan fingerprint density at radius 2 is 1.62 bits per heavy atom. The van der Waals surface area contributed by atoms with Gasteiger partial charge in [0.05, 0.1) is 5.69 Å². The van der Waals surface area contributed by atoms with Gasteiger partial charge >= 0.3 is 6.03 Å². The van der Waals surface area contributed by atoms with Crippen LogP contribution in [0.2, 0.25) is 0 Å². The Morgan fingerprint density at radius 3 is 2.36 bits per heavy atom. The first-order valence-electron chi connectivity index (χ1n) is 12.8. The number of nitrogens with zero attached hydrogens (tertiary/aromatic N) is 1. The van der Waals surface area contributed by atoms with E-state index in [0.29, 0.717) is 30.0 Å². The Morgan fingerprint density at radius 1 is 0.872 bits per heavy atom. The van der Waals surface area contributed by atoms with Gasteiger partial charge in [-0.1, -0.05) is 67.6 Å². The van der Waals surface area contributed by atoms with Gasteiger partial charge in [0, 0.05) is 0 Å². The predicted octanol–water partition coefficient (Wildman–Crippen LogP) is 6.38. The molecule has 0 aromatic heterocycles. The molecule has 0 atom stereocenters. The van der Waals surface area contributed by atoms with Crippen molar-refractivity contribution in [3.05, 3.63) is 125 Å². The number of ether oxygens (including phenoxy) is 1. The molecule has 39 heavy (non-hydrogen) atoms. The van der Waals surface area contributed by atoms with Gasteiger partial charge in [0.15, 0.2) is 0 Å². The highest BCUT2D eigenvalue weighted by Crippen LogP contribution is 2.27. The summed E-state index contributed by atoms with van der Waals surface area (Å²) in [6.45, 7) is 6.26. The molecule has 194 valence electrons. The van der Waals surface area contributed by atoms with Crippen molar-refractivity contribution in [1.29, 1.82) is 0 Å². The minimum Gasteiger partial charge on any atom is -0.489 e. The lowest BCUT2D eigenvalue weighted by molar-refractivity contribution is -0.122. The number of anilines is 1. The van der Waals surface area contributed by atoms with Crippen molar-refractivity contribution in [2.45, 2.75) is 26.4 Å². The standard InChI is InChI=1S/C33H28N2O4/c1-3-7-27-18-23(13-17-30(27)39-21-24-10-14-25-8-5-6-9-26(25)19-24)20-29-31(36)34-33(38)35(32(29)37)28-15-11-22(4-2)12-16-28/h3,5-6,8-20H,1,4,7,21H2,2H3,(H,34,36,38)/b29-20-. The number of rotatable bonds is 8.